The summed E-state index contributed by atoms with van der Waals surface area (Å²) < 4.78 is 0. The van der Waals surface area contributed by atoms with Crippen LogP contribution >= 0.6 is 11.8 Å². The van der Waals surface area contributed by atoms with Crippen LogP contribution in [0.3, 0.4) is 0 Å². The van der Waals surface area contributed by atoms with Crippen molar-refractivity contribution >= 4 is 23.4 Å². The molecule has 66 valence electrons. The second-order valence-corrected chi connectivity index (χ2v) is 3.20. The lowest BCUT2D eigenvalue weighted by Crippen LogP contribution is -2.06. The Labute approximate surface area is 80.8 Å². The van der Waals surface area contributed by atoms with Crippen LogP contribution in [0, 0.1) is 10.7 Å². The molecule has 0 unspecified atom stereocenters. The van der Waals surface area contributed by atoms with Gasteiger partial charge >= 0.3 is 0 Å². The largest absolute Gasteiger partial charge is 0.325 e. The second kappa shape index (κ2) is 4.53. The molecule has 0 aliphatic heterocycles. The van der Waals surface area contributed by atoms with Gasteiger partial charge in [-0.05, 0) is 23.9 Å². The molecule has 0 atom stereocenters. The molecule has 3 nitrogen and oxygen atoms in total. The Bertz CT molecular complexity index is 357. The molecule has 0 aromatic heterocycles. The Morgan fingerprint density at radius 1 is 1.54 bits per heavy atom. The Hall–Kier alpha value is -1.47. The molecule has 0 aliphatic rings. The topological polar surface area (TPSA) is 52.9 Å². The van der Waals surface area contributed by atoms with Crippen LogP contribution in [0.25, 0.3) is 0 Å². The van der Waals surface area contributed by atoms with Gasteiger partial charge in [-0.25, -0.2) is 0 Å². The van der Waals surface area contributed by atoms with Crippen molar-refractivity contribution in [1.29, 1.82) is 5.26 Å². The predicted octanol–water partition coefficient (Wildman–Crippen LogP) is 2.22. The summed E-state index contributed by atoms with van der Waals surface area (Å²) in [7, 11) is 0. The maximum Gasteiger partial charge on any atom is 0.221 e. The summed E-state index contributed by atoms with van der Waals surface area (Å²) in [6.07, 6.45) is 0. The SMILES string of the molecule is CC(=O)Nc1ccccc1SC#N. The molecule has 0 saturated heterocycles. The van der Waals surface area contributed by atoms with Crippen molar-refractivity contribution < 1.29 is 4.79 Å². The molecule has 0 aliphatic carbocycles. The number of thioether (sulfide) groups is 1. The summed E-state index contributed by atoms with van der Waals surface area (Å²) in [5.41, 5.74) is 0.682. The smallest absolute Gasteiger partial charge is 0.221 e. The van der Waals surface area contributed by atoms with E-state index in [4.69, 9.17) is 5.26 Å². The first kappa shape index (κ1) is 9.62. The molecular weight excluding hydrogens is 184 g/mol. The first-order valence-corrected chi connectivity index (χ1v) is 4.48. The fourth-order valence-corrected chi connectivity index (χ4v) is 1.37. The van der Waals surface area contributed by atoms with E-state index in [0.717, 1.165) is 16.7 Å². The van der Waals surface area contributed by atoms with Gasteiger partial charge in [0.15, 0.2) is 0 Å². The van der Waals surface area contributed by atoms with Crippen LogP contribution < -0.4 is 5.32 Å². The normalized spacial score (nSPS) is 8.92. The van der Waals surface area contributed by atoms with E-state index in [1.54, 1.807) is 12.1 Å². The Balaban J connectivity index is 2.92. The molecule has 4 heteroatoms. The fourth-order valence-electron chi connectivity index (χ4n) is 0.898. The minimum Gasteiger partial charge on any atom is -0.325 e. The van der Waals surface area contributed by atoms with E-state index in [0.29, 0.717) is 5.69 Å². The molecule has 13 heavy (non-hydrogen) atoms. The molecule has 0 spiro atoms. The van der Waals surface area contributed by atoms with Gasteiger partial charge in [-0.3, -0.25) is 4.79 Å². The maximum absolute atomic E-state index is 10.8. The van der Waals surface area contributed by atoms with E-state index < -0.39 is 0 Å². The van der Waals surface area contributed by atoms with Crippen LogP contribution in [-0.2, 0) is 4.79 Å². The second-order valence-electron chi connectivity index (χ2n) is 2.37. The van der Waals surface area contributed by atoms with Crippen molar-refractivity contribution in [2.24, 2.45) is 0 Å². The van der Waals surface area contributed by atoms with Crippen LogP contribution in [0.5, 0.6) is 0 Å². The number of thiocyanates is 1. The highest BCUT2D eigenvalue weighted by atomic mass is 32.2. The number of nitrogens with one attached hydrogen (secondary N) is 1. The van der Waals surface area contributed by atoms with Crippen molar-refractivity contribution in [3.8, 4) is 5.40 Å². The zero-order valence-electron chi connectivity index (χ0n) is 7.07. The predicted molar refractivity (Wildman–Crippen MR) is 52.2 cm³/mol. The van der Waals surface area contributed by atoms with Gasteiger partial charge in [-0.2, -0.15) is 5.26 Å². The molecule has 1 amide bonds. The van der Waals surface area contributed by atoms with Gasteiger partial charge in [-0.15, -0.1) is 0 Å². The van der Waals surface area contributed by atoms with Crippen LogP contribution in [-0.4, -0.2) is 5.91 Å². The van der Waals surface area contributed by atoms with Crippen molar-refractivity contribution in [1.82, 2.24) is 0 Å². The van der Waals surface area contributed by atoms with Gasteiger partial charge < -0.3 is 5.32 Å². The zero-order valence-corrected chi connectivity index (χ0v) is 7.89. The summed E-state index contributed by atoms with van der Waals surface area (Å²) in [6, 6.07) is 7.19. The number of nitrogens with zero attached hydrogens (tertiary/aromatic N) is 1. The molecule has 0 radical (unpaired) electrons. The number of carbonyl (C=O) groups is 1. The summed E-state index contributed by atoms with van der Waals surface area (Å²) in [6.45, 7) is 1.44. The number of rotatable bonds is 2. The number of carbonyl (C=O) groups excluding carboxylic acids is 1. The van der Waals surface area contributed by atoms with E-state index in [1.807, 2.05) is 17.5 Å². The summed E-state index contributed by atoms with van der Waals surface area (Å²) in [5, 5.41) is 13.1. The van der Waals surface area contributed by atoms with Gasteiger partial charge in [0, 0.05) is 11.8 Å². The lowest BCUT2D eigenvalue weighted by molar-refractivity contribution is -0.114. The number of benzene rings is 1. The molecule has 1 aromatic carbocycles. The number of para-hydroxylation sites is 1. The molecule has 0 bridgehead atoms. The minimum absolute atomic E-state index is 0.133. The number of hydrogen-bond acceptors (Lipinski definition) is 3. The van der Waals surface area contributed by atoms with Crippen LogP contribution in [0.2, 0.25) is 0 Å². The maximum atomic E-state index is 10.8. The number of hydrogen-bond donors (Lipinski definition) is 1. The molecular formula is C9H8N2OS. The van der Waals surface area contributed by atoms with Crippen LogP contribution in [0.15, 0.2) is 29.2 Å². The fraction of sp³-hybridized carbons (Fsp3) is 0.111. The van der Waals surface area contributed by atoms with E-state index in [2.05, 4.69) is 5.32 Å². The van der Waals surface area contributed by atoms with Gasteiger partial charge in [0.1, 0.15) is 5.40 Å². The van der Waals surface area contributed by atoms with E-state index in [9.17, 15) is 4.79 Å². The average molecular weight is 192 g/mol. The first-order valence-electron chi connectivity index (χ1n) is 3.66. The third-order valence-corrected chi connectivity index (χ3v) is 2.02. The summed E-state index contributed by atoms with van der Waals surface area (Å²) in [4.78, 5) is 11.5. The average Bonchev–Trinajstić information content (AvgIpc) is 2.08. The van der Waals surface area contributed by atoms with E-state index in [1.165, 1.54) is 6.92 Å². The minimum atomic E-state index is -0.133. The van der Waals surface area contributed by atoms with Crippen molar-refractivity contribution in [2.45, 2.75) is 11.8 Å². The highest BCUT2D eigenvalue weighted by Gasteiger charge is 2.02. The Morgan fingerprint density at radius 3 is 2.85 bits per heavy atom. The summed E-state index contributed by atoms with van der Waals surface area (Å²) in [5.74, 6) is -0.133. The number of amides is 1. The first-order chi connectivity index (χ1) is 6.24. The lowest BCUT2D eigenvalue weighted by atomic mass is 10.3. The molecule has 1 N–H and O–H groups in total. The highest BCUT2D eigenvalue weighted by Crippen LogP contribution is 2.25. The van der Waals surface area contributed by atoms with Gasteiger partial charge in [0.2, 0.25) is 5.91 Å². The highest BCUT2D eigenvalue weighted by molar-refractivity contribution is 8.03. The van der Waals surface area contributed by atoms with E-state index in [-0.39, 0.29) is 5.91 Å². The van der Waals surface area contributed by atoms with Crippen LogP contribution in [0.1, 0.15) is 6.92 Å². The monoisotopic (exact) mass is 192 g/mol. The van der Waals surface area contributed by atoms with Gasteiger partial charge in [0.05, 0.1) is 5.69 Å². The van der Waals surface area contributed by atoms with E-state index >= 15 is 0 Å². The Kier molecular flexibility index (Phi) is 3.35. The van der Waals surface area contributed by atoms with Gasteiger partial charge in [-0.1, -0.05) is 12.1 Å². The van der Waals surface area contributed by atoms with Gasteiger partial charge in [0.25, 0.3) is 0 Å². The zero-order chi connectivity index (χ0) is 9.68. The quantitative estimate of drug-likeness (QED) is 0.577. The van der Waals surface area contributed by atoms with Crippen molar-refractivity contribution in [2.75, 3.05) is 5.32 Å². The summed E-state index contributed by atoms with van der Waals surface area (Å²) >= 11 is 1.03. The van der Waals surface area contributed by atoms with Crippen molar-refractivity contribution in [3.05, 3.63) is 24.3 Å². The van der Waals surface area contributed by atoms with Crippen LogP contribution in [0.4, 0.5) is 5.69 Å². The standard InChI is InChI=1S/C9H8N2OS/c1-7(12)11-8-4-2-3-5-9(8)13-6-10/h2-5H,1H3,(H,11,12). The third kappa shape index (κ3) is 2.80. The molecule has 1 rings (SSSR count). The molecule has 0 saturated carbocycles. The molecule has 0 heterocycles. The lowest BCUT2D eigenvalue weighted by Gasteiger charge is -2.04. The number of nitriles is 1. The Morgan fingerprint density at radius 2 is 2.23 bits per heavy atom. The molecule has 1 aromatic rings. The molecule has 0 fully saturated rings. The third-order valence-electron chi connectivity index (χ3n) is 1.35. The van der Waals surface area contributed by atoms with Crippen molar-refractivity contribution in [3.63, 3.8) is 0 Å². The number of anilines is 1.